The molecule has 2 aliphatic rings. The Kier molecular flexibility index (Phi) is 7.60. The maximum absolute atomic E-state index is 13.5. The van der Waals surface area contributed by atoms with Gasteiger partial charge in [0.2, 0.25) is 0 Å². The van der Waals surface area contributed by atoms with Gasteiger partial charge in [-0.1, -0.05) is 23.2 Å². The molecule has 8 nitrogen and oxygen atoms in total. The number of hydrogen-bond acceptors (Lipinski definition) is 5. The molecule has 0 spiro atoms. The van der Waals surface area contributed by atoms with Crippen LogP contribution in [0, 0.1) is 13.8 Å². The Labute approximate surface area is 243 Å². The molecule has 3 N–H and O–H groups in total. The number of benzene rings is 2. The predicted octanol–water partition coefficient (Wildman–Crippen LogP) is 5.23. The number of nitrogens with one attached hydrogen (secondary N) is 3. The molecule has 11 heteroatoms. The van der Waals surface area contributed by atoms with Gasteiger partial charge >= 0.3 is 0 Å². The fourth-order valence-corrected chi connectivity index (χ4v) is 7.45. The SMILES string of the molecule is Cc1[nH]c(/C=C2\C(=O)Nc3ccc(S(=O)(=O)Cc4cc(Cl)cc(Cl)c4)cc32)c(C)c1C(=O)N1C[C@@H](C)N[C@@H](C)C1. The summed E-state index contributed by atoms with van der Waals surface area (Å²) in [6.07, 6.45) is 1.68. The topological polar surface area (TPSA) is 111 Å². The number of aryl methyl sites for hydroxylation is 1. The minimum Gasteiger partial charge on any atom is -0.358 e. The van der Waals surface area contributed by atoms with Crippen molar-refractivity contribution in [3.8, 4) is 0 Å². The van der Waals surface area contributed by atoms with E-state index in [0.29, 0.717) is 62.5 Å². The van der Waals surface area contributed by atoms with Crippen LogP contribution in [-0.4, -0.2) is 55.3 Å². The number of sulfone groups is 1. The third kappa shape index (κ3) is 5.56. The number of aromatic amines is 1. The van der Waals surface area contributed by atoms with Gasteiger partial charge in [-0.05, 0) is 81.3 Å². The van der Waals surface area contributed by atoms with Crippen LogP contribution in [0.25, 0.3) is 11.6 Å². The first-order valence-corrected chi connectivity index (χ1v) is 15.3. The number of anilines is 1. The largest absolute Gasteiger partial charge is 0.358 e. The smallest absolute Gasteiger partial charge is 0.256 e. The van der Waals surface area contributed by atoms with Crippen LogP contribution in [0.15, 0.2) is 41.3 Å². The summed E-state index contributed by atoms with van der Waals surface area (Å²) in [6, 6.07) is 9.60. The lowest BCUT2D eigenvalue weighted by atomic mass is 10.0. The molecule has 0 radical (unpaired) electrons. The molecule has 210 valence electrons. The van der Waals surface area contributed by atoms with E-state index >= 15 is 0 Å². The first kappa shape index (κ1) is 28.4. The number of hydrogen-bond donors (Lipinski definition) is 3. The number of nitrogens with zero attached hydrogens (tertiary/aromatic N) is 1. The Balaban J connectivity index is 1.48. The molecule has 0 bridgehead atoms. The fraction of sp³-hybridized carbons (Fsp3) is 0.310. The zero-order valence-electron chi connectivity index (χ0n) is 22.6. The molecule has 0 unspecified atom stereocenters. The molecule has 2 atom stereocenters. The third-order valence-electron chi connectivity index (χ3n) is 7.24. The summed E-state index contributed by atoms with van der Waals surface area (Å²) in [6.45, 7) is 9.01. The minimum absolute atomic E-state index is 0.0538. The quantitative estimate of drug-likeness (QED) is 0.347. The Hall–Kier alpha value is -3.11. The van der Waals surface area contributed by atoms with Crippen molar-refractivity contribution >= 4 is 62.2 Å². The lowest BCUT2D eigenvalue weighted by molar-refractivity contribution is -0.110. The summed E-state index contributed by atoms with van der Waals surface area (Å²) in [5.41, 5.74) is 4.42. The highest BCUT2D eigenvalue weighted by Crippen LogP contribution is 2.36. The van der Waals surface area contributed by atoms with E-state index in [9.17, 15) is 18.0 Å². The maximum Gasteiger partial charge on any atom is 0.256 e. The maximum atomic E-state index is 13.5. The summed E-state index contributed by atoms with van der Waals surface area (Å²) >= 11 is 12.1. The molecular formula is C29H30Cl2N4O4S. The second kappa shape index (κ2) is 10.7. The average molecular weight is 602 g/mol. The van der Waals surface area contributed by atoms with Crippen LogP contribution in [0.5, 0.6) is 0 Å². The van der Waals surface area contributed by atoms with Gasteiger partial charge in [0.1, 0.15) is 0 Å². The molecule has 0 aliphatic carbocycles. The van der Waals surface area contributed by atoms with Crippen LogP contribution >= 0.6 is 23.2 Å². The summed E-state index contributed by atoms with van der Waals surface area (Å²) in [5, 5.41) is 6.94. The van der Waals surface area contributed by atoms with Gasteiger partial charge in [-0.25, -0.2) is 8.42 Å². The highest BCUT2D eigenvalue weighted by Gasteiger charge is 2.31. The van der Waals surface area contributed by atoms with Crippen molar-refractivity contribution < 1.29 is 18.0 Å². The van der Waals surface area contributed by atoms with Crippen molar-refractivity contribution in [2.75, 3.05) is 18.4 Å². The second-order valence-electron chi connectivity index (χ2n) is 10.6. The highest BCUT2D eigenvalue weighted by atomic mass is 35.5. The number of carbonyl (C=O) groups excluding carboxylic acids is 2. The number of fused-ring (bicyclic) bond motifs is 1. The Morgan fingerprint density at radius 2 is 1.70 bits per heavy atom. The van der Waals surface area contributed by atoms with Gasteiger partial charge in [0.15, 0.2) is 9.84 Å². The van der Waals surface area contributed by atoms with E-state index in [1.807, 2.05) is 18.7 Å². The van der Waals surface area contributed by atoms with Gasteiger partial charge in [0.05, 0.1) is 21.8 Å². The molecule has 0 saturated carbocycles. The molecule has 2 aliphatic heterocycles. The van der Waals surface area contributed by atoms with Gasteiger partial charge in [0.25, 0.3) is 11.8 Å². The molecule has 3 heterocycles. The van der Waals surface area contributed by atoms with Crippen molar-refractivity contribution in [1.82, 2.24) is 15.2 Å². The Bertz CT molecular complexity index is 1650. The van der Waals surface area contributed by atoms with Crippen molar-refractivity contribution in [2.45, 2.75) is 50.4 Å². The summed E-state index contributed by atoms with van der Waals surface area (Å²) in [4.78, 5) is 31.6. The average Bonchev–Trinajstić information content (AvgIpc) is 3.31. The molecule has 3 aromatic rings. The van der Waals surface area contributed by atoms with E-state index in [1.54, 1.807) is 24.3 Å². The van der Waals surface area contributed by atoms with Gasteiger partial charge in [-0.2, -0.15) is 0 Å². The fourth-order valence-electron chi connectivity index (χ4n) is 5.54. The van der Waals surface area contributed by atoms with E-state index in [-0.39, 0.29) is 34.5 Å². The van der Waals surface area contributed by atoms with Crippen molar-refractivity contribution in [1.29, 1.82) is 0 Å². The summed E-state index contributed by atoms with van der Waals surface area (Å²) < 4.78 is 26.6. The van der Waals surface area contributed by atoms with E-state index in [4.69, 9.17) is 23.2 Å². The van der Waals surface area contributed by atoms with Gasteiger partial charge in [-0.15, -0.1) is 0 Å². The minimum atomic E-state index is -3.77. The van der Waals surface area contributed by atoms with Crippen molar-refractivity contribution in [3.63, 3.8) is 0 Å². The number of rotatable bonds is 5. The first-order chi connectivity index (χ1) is 18.8. The third-order valence-corrected chi connectivity index (χ3v) is 9.36. The molecule has 1 saturated heterocycles. The van der Waals surface area contributed by atoms with E-state index in [0.717, 1.165) is 5.56 Å². The molecule has 1 aromatic heterocycles. The first-order valence-electron chi connectivity index (χ1n) is 12.9. The molecule has 5 rings (SSSR count). The van der Waals surface area contributed by atoms with Crippen LogP contribution in [0.4, 0.5) is 5.69 Å². The zero-order valence-corrected chi connectivity index (χ0v) is 24.9. The molecular weight excluding hydrogens is 571 g/mol. The van der Waals surface area contributed by atoms with Gasteiger partial charge in [-0.3, -0.25) is 9.59 Å². The summed E-state index contributed by atoms with van der Waals surface area (Å²) in [7, 11) is -3.77. The standard InChI is InChI=1S/C29H30Cl2N4O4S/c1-15-12-35(13-16(2)32-15)29(37)27-17(3)26(33-18(27)4)11-24-23-10-22(5-6-25(23)34-28(24)36)40(38,39)14-19-7-20(30)9-21(31)8-19/h5-11,15-16,32-33H,12-14H2,1-4H3,(H,34,36)/b24-11-/t15-,16+. The van der Waals surface area contributed by atoms with Crippen LogP contribution in [-0.2, 0) is 20.4 Å². The monoisotopic (exact) mass is 600 g/mol. The van der Waals surface area contributed by atoms with Crippen LogP contribution in [0.2, 0.25) is 10.0 Å². The number of carbonyl (C=O) groups is 2. The number of halogens is 2. The number of piperazine rings is 1. The number of amides is 2. The second-order valence-corrected chi connectivity index (χ2v) is 13.5. The normalized spacial score (nSPS) is 20.1. The van der Waals surface area contributed by atoms with Gasteiger partial charge < -0.3 is 20.5 Å². The lowest BCUT2D eigenvalue weighted by Crippen LogP contribution is -2.55. The van der Waals surface area contributed by atoms with Crippen molar-refractivity contribution in [3.05, 3.63) is 80.1 Å². The Morgan fingerprint density at radius 3 is 2.35 bits per heavy atom. The van der Waals surface area contributed by atoms with Crippen LogP contribution in [0.1, 0.15) is 52.3 Å². The van der Waals surface area contributed by atoms with Gasteiger partial charge in [0, 0.05) is 57.9 Å². The predicted molar refractivity (Wildman–Crippen MR) is 159 cm³/mol. The molecule has 2 amide bonds. The summed E-state index contributed by atoms with van der Waals surface area (Å²) in [5.74, 6) is -0.701. The van der Waals surface area contributed by atoms with E-state index < -0.39 is 9.84 Å². The zero-order chi connectivity index (χ0) is 28.9. The van der Waals surface area contributed by atoms with Crippen molar-refractivity contribution in [2.24, 2.45) is 0 Å². The molecule has 40 heavy (non-hydrogen) atoms. The Morgan fingerprint density at radius 1 is 1.05 bits per heavy atom. The molecule has 1 fully saturated rings. The van der Waals surface area contributed by atoms with Crippen LogP contribution < -0.4 is 10.6 Å². The van der Waals surface area contributed by atoms with E-state index in [2.05, 4.69) is 29.5 Å². The number of aromatic nitrogens is 1. The highest BCUT2D eigenvalue weighted by molar-refractivity contribution is 7.90. The molecule has 2 aromatic carbocycles. The van der Waals surface area contributed by atoms with Crippen LogP contribution in [0.3, 0.4) is 0 Å². The van der Waals surface area contributed by atoms with E-state index in [1.165, 1.54) is 18.2 Å². The lowest BCUT2D eigenvalue weighted by Gasteiger charge is -2.36. The number of H-pyrrole nitrogens is 1.